The molecule has 0 unspecified atom stereocenters. The third-order valence-corrected chi connectivity index (χ3v) is 11.3. The summed E-state index contributed by atoms with van der Waals surface area (Å²) in [4.78, 5) is 39.2. The van der Waals surface area contributed by atoms with Gasteiger partial charge in [0.05, 0.1) is 22.1 Å². The first kappa shape index (κ1) is 25.1. The predicted molar refractivity (Wildman–Crippen MR) is 205 cm³/mol. The Kier molecular flexibility index (Phi) is 4.12. The largest absolute Gasteiger partial charge is 0.268 e. The molecule has 228 valence electrons. The predicted octanol–water partition coefficient (Wildman–Crippen LogP) is 9.55. The monoisotopic (exact) mass is 636 g/mol. The van der Waals surface area contributed by atoms with Gasteiger partial charge in [-0.05, 0) is 90.3 Å². The van der Waals surface area contributed by atoms with Gasteiger partial charge in [-0.1, -0.05) is 84.9 Å². The first-order valence-corrected chi connectivity index (χ1v) is 16.8. The molecule has 4 heterocycles. The number of imidazole rings is 2. The minimum Gasteiger partial charge on any atom is -0.268 e. The van der Waals surface area contributed by atoms with Crippen molar-refractivity contribution in [1.29, 1.82) is 0 Å². The first-order chi connectivity index (χ1) is 24.7. The topological polar surface area (TPSA) is 68.7 Å². The number of hydrogen-bond acceptors (Lipinski definition) is 4. The second-order valence-corrected chi connectivity index (χ2v) is 13.5. The Hall–Kier alpha value is -6.92. The zero-order chi connectivity index (χ0) is 32.6. The number of hydrogen-bond donors (Lipinski definition) is 0. The normalized spacial score (nSPS) is 13.0. The minimum absolute atomic E-state index is 0.0700. The van der Waals surface area contributed by atoms with Crippen molar-refractivity contribution in [2.24, 2.45) is 0 Å². The average Bonchev–Trinajstić information content (AvgIpc) is 3.74. The molecule has 0 bridgehead atoms. The third-order valence-electron chi connectivity index (χ3n) is 11.3. The highest BCUT2D eigenvalue weighted by atomic mass is 16.1. The van der Waals surface area contributed by atoms with Crippen LogP contribution >= 0.6 is 0 Å². The van der Waals surface area contributed by atoms with Crippen LogP contribution in [0, 0.1) is 0 Å². The summed E-state index contributed by atoms with van der Waals surface area (Å²) in [7, 11) is 0. The summed E-state index contributed by atoms with van der Waals surface area (Å²) in [5.74, 6) is 0. The zero-order valence-corrected chi connectivity index (χ0v) is 26.2. The van der Waals surface area contributed by atoms with Gasteiger partial charge in [0.15, 0.2) is 0 Å². The van der Waals surface area contributed by atoms with Crippen molar-refractivity contribution in [3.05, 3.63) is 142 Å². The average molecular weight is 637 g/mol. The maximum absolute atomic E-state index is 14.5. The molecular formula is C44H20N4O2. The molecule has 0 saturated carbocycles. The highest BCUT2D eigenvalue weighted by Crippen LogP contribution is 2.51. The van der Waals surface area contributed by atoms with Gasteiger partial charge in [0.1, 0.15) is 11.3 Å². The van der Waals surface area contributed by atoms with Crippen LogP contribution in [-0.4, -0.2) is 18.8 Å². The van der Waals surface area contributed by atoms with Crippen LogP contribution in [-0.2, 0) is 0 Å². The van der Waals surface area contributed by atoms with Gasteiger partial charge in [-0.15, -0.1) is 0 Å². The van der Waals surface area contributed by atoms with E-state index in [9.17, 15) is 9.59 Å². The summed E-state index contributed by atoms with van der Waals surface area (Å²) in [5, 5.41) is 15.8. The van der Waals surface area contributed by atoms with E-state index in [0.29, 0.717) is 22.1 Å². The molecule has 0 aliphatic carbocycles. The third kappa shape index (κ3) is 2.61. The number of benzene rings is 9. The van der Waals surface area contributed by atoms with Gasteiger partial charge in [0.2, 0.25) is 0 Å². The molecule has 0 fully saturated rings. The quantitative estimate of drug-likeness (QED) is 0.123. The van der Waals surface area contributed by atoms with E-state index in [0.717, 1.165) is 97.5 Å². The van der Waals surface area contributed by atoms with E-state index in [-0.39, 0.29) is 11.1 Å². The van der Waals surface area contributed by atoms with Crippen LogP contribution in [0.3, 0.4) is 0 Å². The summed E-state index contributed by atoms with van der Waals surface area (Å²) in [6.07, 6.45) is 0. The van der Waals surface area contributed by atoms with E-state index < -0.39 is 0 Å². The van der Waals surface area contributed by atoms with Crippen molar-refractivity contribution in [2.45, 2.75) is 0 Å². The van der Waals surface area contributed by atoms with Gasteiger partial charge >= 0.3 is 0 Å². The summed E-state index contributed by atoms with van der Waals surface area (Å²) < 4.78 is 3.58. The fraction of sp³-hybridized carbons (Fsp3) is 0. The molecule has 50 heavy (non-hydrogen) atoms. The molecule has 0 aliphatic heterocycles. The number of rotatable bonds is 0. The number of aromatic nitrogens is 4. The molecule has 13 aromatic rings. The van der Waals surface area contributed by atoms with Gasteiger partial charge < -0.3 is 0 Å². The van der Waals surface area contributed by atoms with Crippen molar-refractivity contribution in [3.63, 3.8) is 0 Å². The maximum Gasteiger partial charge on any atom is 0.264 e. The fourth-order valence-electron chi connectivity index (χ4n) is 9.46. The van der Waals surface area contributed by atoms with Gasteiger partial charge in [0.25, 0.3) is 11.1 Å². The molecule has 9 aromatic carbocycles. The molecule has 6 heteroatoms. The lowest BCUT2D eigenvalue weighted by atomic mass is 9.81. The Morgan fingerprint density at radius 3 is 1.10 bits per heavy atom. The van der Waals surface area contributed by atoms with E-state index in [4.69, 9.17) is 9.97 Å². The number of pyridine rings is 2. The van der Waals surface area contributed by atoms with E-state index in [1.54, 1.807) is 8.80 Å². The molecular weight excluding hydrogens is 617 g/mol. The molecule has 0 saturated heterocycles. The van der Waals surface area contributed by atoms with E-state index >= 15 is 0 Å². The molecule has 0 aliphatic rings. The van der Waals surface area contributed by atoms with Gasteiger partial charge in [0, 0.05) is 32.3 Å². The van der Waals surface area contributed by atoms with Crippen molar-refractivity contribution in [3.8, 4) is 0 Å². The van der Waals surface area contributed by atoms with Crippen molar-refractivity contribution >= 4 is 120 Å². The smallest absolute Gasteiger partial charge is 0.264 e. The lowest BCUT2D eigenvalue weighted by Crippen LogP contribution is -2.14. The van der Waals surface area contributed by atoms with Crippen LogP contribution < -0.4 is 11.1 Å². The first-order valence-electron chi connectivity index (χ1n) is 16.8. The lowest BCUT2D eigenvalue weighted by molar-refractivity contribution is 1.19. The van der Waals surface area contributed by atoms with Crippen LogP contribution in [0.2, 0.25) is 0 Å². The number of nitrogens with zero attached hydrogens (tertiary/aromatic N) is 4. The summed E-state index contributed by atoms with van der Waals surface area (Å²) in [6, 6.07) is 40.9. The van der Waals surface area contributed by atoms with E-state index in [1.807, 2.05) is 60.7 Å². The van der Waals surface area contributed by atoms with Gasteiger partial charge in [-0.3, -0.25) is 18.4 Å². The molecule has 0 amide bonds. The van der Waals surface area contributed by atoms with Gasteiger partial charge in [-0.25, -0.2) is 9.97 Å². The second kappa shape index (κ2) is 8.20. The molecule has 6 nitrogen and oxygen atoms in total. The number of fused-ring (bicyclic) bond motifs is 16. The molecule has 0 N–H and O–H groups in total. The van der Waals surface area contributed by atoms with Crippen molar-refractivity contribution in [1.82, 2.24) is 18.8 Å². The molecule has 0 spiro atoms. The molecule has 0 atom stereocenters. The van der Waals surface area contributed by atoms with Crippen molar-refractivity contribution in [2.75, 3.05) is 0 Å². The van der Waals surface area contributed by atoms with E-state index in [1.165, 1.54) is 0 Å². The van der Waals surface area contributed by atoms with Crippen LogP contribution in [0.15, 0.2) is 131 Å². The summed E-state index contributed by atoms with van der Waals surface area (Å²) >= 11 is 0. The second-order valence-electron chi connectivity index (χ2n) is 13.5. The zero-order valence-electron chi connectivity index (χ0n) is 26.2. The van der Waals surface area contributed by atoms with Gasteiger partial charge in [-0.2, -0.15) is 0 Å². The molecule has 4 aromatic heterocycles. The Morgan fingerprint density at radius 1 is 0.320 bits per heavy atom. The van der Waals surface area contributed by atoms with Crippen LogP contribution in [0.1, 0.15) is 0 Å². The van der Waals surface area contributed by atoms with Crippen LogP contribution in [0.25, 0.3) is 120 Å². The van der Waals surface area contributed by atoms with Crippen LogP contribution in [0.4, 0.5) is 0 Å². The lowest BCUT2D eigenvalue weighted by Gasteiger charge is -2.22. The van der Waals surface area contributed by atoms with E-state index in [2.05, 4.69) is 60.7 Å². The molecule has 0 radical (unpaired) electrons. The number of para-hydroxylation sites is 4. The Labute approximate surface area is 279 Å². The SMILES string of the molecule is O=c1c2ccc3c4c5ccccc5c5c6c(ccc(c7c8ccccc8c(c2c37)c2nc3ccccc3n12)c46)c(=O)n1c2ccccc2nc51. The highest BCUT2D eigenvalue weighted by molar-refractivity contribution is 6.50. The Morgan fingerprint density at radius 2 is 0.660 bits per heavy atom. The molecule has 13 rings (SSSR count). The Balaban J connectivity index is 1.41. The summed E-state index contributed by atoms with van der Waals surface area (Å²) in [5.41, 5.74) is 4.41. The van der Waals surface area contributed by atoms with Crippen molar-refractivity contribution < 1.29 is 0 Å². The fourth-order valence-corrected chi connectivity index (χ4v) is 9.46. The van der Waals surface area contributed by atoms with Crippen LogP contribution in [0.5, 0.6) is 0 Å². The maximum atomic E-state index is 14.5. The highest BCUT2D eigenvalue weighted by Gasteiger charge is 2.27. The summed E-state index contributed by atoms with van der Waals surface area (Å²) in [6.45, 7) is 0. The minimum atomic E-state index is -0.0700. The Bertz CT molecular complexity index is 3570. The standard InChI is InChI=1S/C44H20N4O2/c49-43-27-20-18-26-34-22-10-2-4-12-24(22)40-38-28(44(50)48-32-16-8-6-14-30(32)46-42(40)48)19-17-25(36(34)38)33-21-9-1-3-11-23(21)39(37(27)35(26)33)41-45-29-13-5-7-15-31(29)47(41)43/h1-20H.